The summed E-state index contributed by atoms with van der Waals surface area (Å²) in [6, 6.07) is 22.9. The Kier molecular flexibility index (Phi) is 4.53. The molecule has 0 spiro atoms. The predicted octanol–water partition coefficient (Wildman–Crippen LogP) is 4.59. The summed E-state index contributed by atoms with van der Waals surface area (Å²) in [4.78, 5) is 0.225. The molecule has 0 aromatic heterocycles. The van der Waals surface area contributed by atoms with Crippen molar-refractivity contribution in [1.29, 1.82) is 0 Å². The molecule has 3 aromatic carbocycles. The van der Waals surface area contributed by atoms with Crippen LogP contribution in [0, 0.1) is 6.92 Å². The van der Waals surface area contributed by atoms with Gasteiger partial charge in [0.1, 0.15) is 11.5 Å². The third-order valence-corrected chi connectivity index (χ3v) is 4.79. The zero-order valence-electron chi connectivity index (χ0n) is 13.1. The minimum absolute atomic E-state index is 0.225. The SMILES string of the molecule is Cc1ccc(S(=O)(=O)Nc2cccc(Oc3ccccc3)c2)cc1. The van der Waals surface area contributed by atoms with Gasteiger partial charge in [0, 0.05) is 6.07 Å². The number of hydrogen-bond donors (Lipinski definition) is 1. The highest BCUT2D eigenvalue weighted by Gasteiger charge is 2.14. The van der Waals surface area contributed by atoms with Gasteiger partial charge in [-0.1, -0.05) is 42.0 Å². The molecule has 0 unspecified atom stereocenters. The number of nitrogens with one attached hydrogen (secondary N) is 1. The van der Waals surface area contributed by atoms with E-state index in [2.05, 4.69) is 4.72 Å². The summed E-state index contributed by atoms with van der Waals surface area (Å²) in [6.07, 6.45) is 0. The normalized spacial score (nSPS) is 11.0. The van der Waals surface area contributed by atoms with Crippen LogP contribution in [-0.4, -0.2) is 8.42 Å². The molecule has 0 bridgehead atoms. The highest BCUT2D eigenvalue weighted by Crippen LogP contribution is 2.25. The van der Waals surface area contributed by atoms with E-state index in [1.54, 1.807) is 48.5 Å². The lowest BCUT2D eigenvalue weighted by molar-refractivity contribution is 0.483. The van der Waals surface area contributed by atoms with Gasteiger partial charge in [-0.05, 0) is 43.3 Å². The van der Waals surface area contributed by atoms with Gasteiger partial charge in [0.2, 0.25) is 0 Å². The fraction of sp³-hybridized carbons (Fsp3) is 0.0526. The lowest BCUT2D eigenvalue weighted by atomic mass is 10.2. The van der Waals surface area contributed by atoms with Crippen molar-refractivity contribution in [2.24, 2.45) is 0 Å². The van der Waals surface area contributed by atoms with E-state index in [0.717, 1.165) is 5.56 Å². The van der Waals surface area contributed by atoms with Crippen LogP contribution in [0.15, 0.2) is 83.8 Å². The minimum atomic E-state index is -3.63. The first-order valence-electron chi connectivity index (χ1n) is 7.45. The van der Waals surface area contributed by atoms with E-state index in [1.165, 1.54) is 0 Å². The average molecular weight is 339 g/mol. The zero-order valence-corrected chi connectivity index (χ0v) is 14.0. The number of ether oxygens (including phenoxy) is 1. The number of anilines is 1. The Bertz CT molecular complexity index is 920. The van der Waals surface area contributed by atoms with Crippen LogP contribution in [0.2, 0.25) is 0 Å². The Morgan fingerprint density at radius 2 is 1.46 bits per heavy atom. The molecule has 0 radical (unpaired) electrons. The highest BCUT2D eigenvalue weighted by atomic mass is 32.2. The Hall–Kier alpha value is -2.79. The topological polar surface area (TPSA) is 55.4 Å². The summed E-state index contributed by atoms with van der Waals surface area (Å²) in [6.45, 7) is 1.91. The van der Waals surface area contributed by atoms with Gasteiger partial charge in [-0.3, -0.25) is 4.72 Å². The van der Waals surface area contributed by atoms with E-state index in [1.807, 2.05) is 37.3 Å². The first kappa shape index (κ1) is 16.1. The number of hydrogen-bond acceptors (Lipinski definition) is 3. The second-order valence-electron chi connectivity index (χ2n) is 5.36. The maximum atomic E-state index is 12.4. The van der Waals surface area contributed by atoms with E-state index in [9.17, 15) is 8.42 Å². The van der Waals surface area contributed by atoms with Gasteiger partial charge >= 0.3 is 0 Å². The van der Waals surface area contributed by atoms with Gasteiger partial charge in [-0.15, -0.1) is 0 Å². The number of benzene rings is 3. The number of aryl methyl sites for hydroxylation is 1. The quantitative estimate of drug-likeness (QED) is 0.740. The fourth-order valence-corrected chi connectivity index (χ4v) is 3.23. The van der Waals surface area contributed by atoms with E-state index < -0.39 is 10.0 Å². The van der Waals surface area contributed by atoms with Crippen LogP contribution in [0.5, 0.6) is 11.5 Å². The Morgan fingerprint density at radius 3 is 2.17 bits per heavy atom. The molecular weight excluding hydrogens is 322 g/mol. The first-order valence-corrected chi connectivity index (χ1v) is 8.94. The summed E-state index contributed by atoms with van der Waals surface area (Å²) in [5.41, 5.74) is 1.45. The molecule has 0 saturated heterocycles. The lowest BCUT2D eigenvalue weighted by Gasteiger charge is -2.10. The molecule has 4 nitrogen and oxygen atoms in total. The van der Waals surface area contributed by atoms with Crippen molar-refractivity contribution >= 4 is 15.7 Å². The summed E-state index contributed by atoms with van der Waals surface area (Å²) in [7, 11) is -3.63. The molecule has 5 heteroatoms. The van der Waals surface area contributed by atoms with Gasteiger partial charge in [-0.2, -0.15) is 0 Å². The van der Waals surface area contributed by atoms with Crippen LogP contribution in [0.3, 0.4) is 0 Å². The van der Waals surface area contributed by atoms with Crippen molar-refractivity contribution < 1.29 is 13.2 Å². The molecule has 0 aliphatic heterocycles. The molecule has 0 aliphatic rings. The van der Waals surface area contributed by atoms with Crippen molar-refractivity contribution in [2.45, 2.75) is 11.8 Å². The monoisotopic (exact) mass is 339 g/mol. The second kappa shape index (κ2) is 6.76. The van der Waals surface area contributed by atoms with E-state index in [4.69, 9.17) is 4.74 Å². The summed E-state index contributed by atoms with van der Waals surface area (Å²) >= 11 is 0. The van der Waals surface area contributed by atoms with Gasteiger partial charge in [0.05, 0.1) is 10.6 Å². The molecule has 0 aliphatic carbocycles. The van der Waals surface area contributed by atoms with E-state index in [0.29, 0.717) is 17.2 Å². The summed E-state index contributed by atoms with van der Waals surface area (Å²) < 4.78 is 33.2. The molecule has 0 amide bonds. The van der Waals surface area contributed by atoms with Gasteiger partial charge in [0.25, 0.3) is 10.0 Å². The molecule has 3 aromatic rings. The number of rotatable bonds is 5. The molecule has 0 saturated carbocycles. The van der Waals surface area contributed by atoms with Crippen LogP contribution < -0.4 is 9.46 Å². The number of sulfonamides is 1. The zero-order chi connectivity index (χ0) is 17.0. The molecular formula is C19H17NO3S. The van der Waals surface area contributed by atoms with Crippen LogP contribution in [-0.2, 0) is 10.0 Å². The van der Waals surface area contributed by atoms with Crippen molar-refractivity contribution in [3.8, 4) is 11.5 Å². The maximum absolute atomic E-state index is 12.4. The van der Waals surface area contributed by atoms with Gasteiger partial charge in [-0.25, -0.2) is 8.42 Å². The Morgan fingerprint density at radius 1 is 0.792 bits per heavy atom. The van der Waals surface area contributed by atoms with Crippen LogP contribution in [0.25, 0.3) is 0 Å². The third-order valence-electron chi connectivity index (χ3n) is 3.40. The highest BCUT2D eigenvalue weighted by molar-refractivity contribution is 7.92. The Balaban J connectivity index is 1.80. The molecule has 0 atom stereocenters. The molecule has 3 rings (SSSR count). The predicted molar refractivity (Wildman–Crippen MR) is 94.9 cm³/mol. The molecule has 1 N–H and O–H groups in total. The van der Waals surface area contributed by atoms with Crippen LogP contribution in [0.1, 0.15) is 5.56 Å². The molecule has 122 valence electrons. The molecule has 0 heterocycles. The van der Waals surface area contributed by atoms with Crippen LogP contribution in [0.4, 0.5) is 5.69 Å². The summed E-state index contributed by atoms with van der Waals surface area (Å²) in [5.74, 6) is 1.25. The molecule has 24 heavy (non-hydrogen) atoms. The smallest absolute Gasteiger partial charge is 0.261 e. The van der Waals surface area contributed by atoms with E-state index in [-0.39, 0.29) is 4.90 Å². The lowest BCUT2D eigenvalue weighted by Crippen LogP contribution is -2.12. The molecule has 0 fully saturated rings. The second-order valence-corrected chi connectivity index (χ2v) is 7.04. The van der Waals surface area contributed by atoms with Crippen molar-refractivity contribution in [3.05, 3.63) is 84.4 Å². The average Bonchev–Trinajstić information content (AvgIpc) is 2.56. The van der Waals surface area contributed by atoms with Crippen molar-refractivity contribution in [3.63, 3.8) is 0 Å². The van der Waals surface area contributed by atoms with Gasteiger partial charge in [0.15, 0.2) is 0 Å². The standard InChI is InChI=1S/C19H17NO3S/c1-15-10-12-19(13-11-15)24(21,22)20-16-6-5-9-18(14-16)23-17-7-3-2-4-8-17/h2-14,20H,1H3. The minimum Gasteiger partial charge on any atom is -0.457 e. The summed E-state index contributed by atoms with van der Waals surface area (Å²) in [5, 5.41) is 0. The first-order chi connectivity index (χ1) is 11.5. The van der Waals surface area contributed by atoms with Gasteiger partial charge < -0.3 is 4.74 Å². The fourth-order valence-electron chi connectivity index (χ4n) is 2.18. The number of para-hydroxylation sites is 1. The third kappa shape index (κ3) is 3.94. The van der Waals surface area contributed by atoms with Crippen molar-refractivity contribution in [2.75, 3.05) is 4.72 Å². The van der Waals surface area contributed by atoms with Crippen molar-refractivity contribution in [1.82, 2.24) is 0 Å². The Labute approximate surface area is 141 Å². The maximum Gasteiger partial charge on any atom is 0.261 e. The van der Waals surface area contributed by atoms with Crippen LogP contribution >= 0.6 is 0 Å². The largest absolute Gasteiger partial charge is 0.457 e. The van der Waals surface area contributed by atoms with E-state index >= 15 is 0 Å².